The van der Waals surface area contributed by atoms with Gasteiger partial charge in [-0.25, -0.2) is 8.51 Å². The van der Waals surface area contributed by atoms with Crippen LogP contribution in [0.2, 0.25) is 0 Å². The zero-order valence-electron chi connectivity index (χ0n) is 10.2. The Labute approximate surface area is 113 Å². The molecule has 2 aromatic rings. The predicted molar refractivity (Wildman–Crippen MR) is 78.5 cm³/mol. The smallest absolute Gasteiger partial charge is 0.191 e. The van der Waals surface area contributed by atoms with E-state index in [0.29, 0.717) is 0 Å². The number of hydrogen-bond acceptors (Lipinski definition) is 2. The van der Waals surface area contributed by atoms with Crippen LogP contribution >= 0.6 is 10.8 Å². The molecule has 0 bridgehead atoms. The second-order valence-corrected chi connectivity index (χ2v) is 7.06. The molecule has 1 heterocycles. The number of aryl methyl sites for hydroxylation is 2. The van der Waals surface area contributed by atoms with E-state index in [2.05, 4.69) is 13.0 Å². The molecular weight excluding hydrogens is 262 g/mol. The van der Waals surface area contributed by atoms with Gasteiger partial charge in [0.1, 0.15) is 0 Å². The molecule has 0 aliphatic carbocycles. The first-order valence-corrected chi connectivity index (χ1v) is 8.18. The molecule has 0 amide bonds. The van der Waals surface area contributed by atoms with Crippen LogP contribution in [0.15, 0.2) is 47.4 Å². The highest BCUT2D eigenvalue weighted by atomic mass is 33.1. The Morgan fingerprint density at radius 3 is 2.50 bits per heavy atom. The van der Waals surface area contributed by atoms with Gasteiger partial charge in [0, 0.05) is 15.7 Å². The van der Waals surface area contributed by atoms with E-state index in [1.807, 2.05) is 47.6 Å². The lowest BCUT2D eigenvalue weighted by Crippen LogP contribution is -2.14. The lowest BCUT2D eigenvalue weighted by atomic mass is 10.1. The Morgan fingerprint density at radius 2 is 1.72 bits per heavy atom. The van der Waals surface area contributed by atoms with Crippen molar-refractivity contribution in [1.82, 2.24) is 0 Å². The highest BCUT2D eigenvalue weighted by Gasteiger charge is 2.30. The van der Waals surface area contributed by atoms with Gasteiger partial charge in [-0.1, -0.05) is 30.3 Å². The third-order valence-electron chi connectivity index (χ3n) is 3.05. The van der Waals surface area contributed by atoms with Crippen molar-refractivity contribution in [2.24, 2.45) is 0 Å². The Morgan fingerprint density at radius 1 is 1.00 bits per heavy atom. The maximum atomic E-state index is 12.3. The Balaban J connectivity index is 2.21. The number of rotatable bonds is 1. The summed E-state index contributed by atoms with van der Waals surface area (Å²) in [7, 11) is 0.336. The van der Waals surface area contributed by atoms with E-state index in [1.165, 1.54) is 10.8 Å². The summed E-state index contributed by atoms with van der Waals surface area (Å²) >= 11 is 0. The monoisotopic (exact) mass is 275 g/mol. The van der Waals surface area contributed by atoms with Crippen molar-refractivity contribution in [1.29, 1.82) is 0 Å². The number of fused-ring (bicyclic) bond motifs is 1. The molecular formula is C14H13NOS2. The van der Waals surface area contributed by atoms with E-state index in [0.717, 1.165) is 27.4 Å². The number of benzene rings is 2. The second-order valence-electron chi connectivity index (χ2n) is 4.30. The van der Waals surface area contributed by atoms with Crippen LogP contribution in [0.25, 0.3) is 0 Å². The first-order valence-electron chi connectivity index (χ1n) is 5.74. The van der Waals surface area contributed by atoms with Crippen molar-refractivity contribution in [2.45, 2.75) is 18.7 Å². The lowest BCUT2D eigenvalue weighted by molar-refractivity contribution is 0.692. The third kappa shape index (κ3) is 1.76. The molecule has 4 heteroatoms. The fourth-order valence-electron chi connectivity index (χ4n) is 2.14. The van der Waals surface area contributed by atoms with Crippen molar-refractivity contribution >= 4 is 32.2 Å². The summed E-state index contributed by atoms with van der Waals surface area (Å²) in [5, 5.41) is 0. The molecule has 2 aromatic carbocycles. The van der Waals surface area contributed by atoms with Gasteiger partial charge in [0.15, 0.2) is 10.0 Å². The van der Waals surface area contributed by atoms with Gasteiger partial charge in [-0.15, -0.1) is 0 Å². The van der Waals surface area contributed by atoms with E-state index >= 15 is 0 Å². The van der Waals surface area contributed by atoms with Crippen LogP contribution in [-0.2, 0) is 10.0 Å². The quantitative estimate of drug-likeness (QED) is 0.729. The van der Waals surface area contributed by atoms with Crippen molar-refractivity contribution in [3.8, 4) is 0 Å². The molecule has 0 saturated heterocycles. The fraction of sp³-hybridized carbons (Fsp3) is 0.143. The van der Waals surface area contributed by atoms with Gasteiger partial charge in [-0.05, 0) is 37.1 Å². The summed E-state index contributed by atoms with van der Waals surface area (Å²) in [5.74, 6) is 0. The standard InChI is InChI=1S/C14H13NOS2/c1-10-6-3-4-8-12(10)15-14-11(2)7-5-9-13(14)17-18(15)16/h3-9H,1-2H3. The van der Waals surface area contributed by atoms with Crippen LogP contribution in [0.5, 0.6) is 0 Å². The van der Waals surface area contributed by atoms with E-state index in [1.54, 1.807) is 0 Å². The summed E-state index contributed by atoms with van der Waals surface area (Å²) in [5.41, 5.74) is 4.41. The SMILES string of the molecule is Cc1ccccc1N1c2c(C)cccc2SS1=O. The summed E-state index contributed by atoms with van der Waals surface area (Å²) in [6, 6.07) is 14.2. The lowest BCUT2D eigenvalue weighted by Gasteiger charge is -2.20. The topological polar surface area (TPSA) is 20.3 Å². The first kappa shape index (κ1) is 11.8. The number of para-hydroxylation sites is 2. The van der Waals surface area contributed by atoms with Gasteiger partial charge in [-0.3, -0.25) is 0 Å². The van der Waals surface area contributed by atoms with Gasteiger partial charge in [0.2, 0.25) is 0 Å². The zero-order valence-corrected chi connectivity index (χ0v) is 11.8. The van der Waals surface area contributed by atoms with E-state index in [-0.39, 0.29) is 0 Å². The average molecular weight is 275 g/mol. The van der Waals surface area contributed by atoms with Crippen LogP contribution in [-0.4, -0.2) is 4.21 Å². The molecule has 1 atom stereocenters. The molecule has 0 fully saturated rings. The van der Waals surface area contributed by atoms with Gasteiger partial charge < -0.3 is 0 Å². The second kappa shape index (κ2) is 4.44. The third-order valence-corrected chi connectivity index (χ3v) is 5.79. The maximum absolute atomic E-state index is 12.3. The van der Waals surface area contributed by atoms with E-state index in [9.17, 15) is 4.21 Å². The first-order chi connectivity index (χ1) is 8.68. The average Bonchev–Trinajstić information content (AvgIpc) is 2.68. The van der Waals surface area contributed by atoms with Gasteiger partial charge in [0.25, 0.3) is 0 Å². The number of hydrogen-bond donors (Lipinski definition) is 0. The Bertz CT molecular complexity index is 639. The Hall–Kier alpha value is -1.26. The summed E-state index contributed by atoms with van der Waals surface area (Å²) in [4.78, 5) is 1.09. The molecule has 1 aliphatic rings. The minimum Gasteiger partial charge on any atom is -0.249 e. The maximum Gasteiger partial charge on any atom is 0.191 e. The van der Waals surface area contributed by atoms with Gasteiger partial charge >= 0.3 is 0 Å². The largest absolute Gasteiger partial charge is 0.249 e. The summed E-state index contributed by atoms with van der Waals surface area (Å²) in [6.45, 7) is 4.11. The highest BCUT2D eigenvalue weighted by molar-refractivity contribution is 8.70. The van der Waals surface area contributed by atoms with E-state index in [4.69, 9.17) is 0 Å². The van der Waals surface area contributed by atoms with Crippen LogP contribution < -0.4 is 4.31 Å². The molecule has 18 heavy (non-hydrogen) atoms. The molecule has 1 aliphatic heterocycles. The van der Waals surface area contributed by atoms with E-state index < -0.39 is 10.0 Å². The normalized spacial score (nSPS) is 17.9. The molecule has 0 saturated carbocycles. The van der Waals surface area contributed by atoms with Crippen molar-refractivity contribution in [3.05, 3.63) is 53.6 Å². The number of nitrogens with zero attached hydrogens (tertiary/aromatic N) is 1. The molecule has 0 aromatic heterocycles. The van der Waals surface area contributed by atoms with Crippen LogP contribution in [0.4, 0.5) is 11.4 Å². The van der Waals surface area contributed by atoms with Crippen molar-refractivity contribution in [2.75, 3.05) is 4.31 Å². The van der Waals surface area contributed by atoms with Crippen LogP contribution in [0.1, 0.15) is 11.1 Å². The summed E-state index contributed by atoms with van der Waals surface area (Å²) in [6.07, 6.45) is 0. The number of anilines is 2. The van der Waals surface area contributed by atoms with Crippen LogP contribution in [0.3, 0.4) is 0 Å². The Kier molecular flexibility index (Phi) is 2.92. The molecule has 92 valence electrons. The molecule has 2 nitrogen and oxygen atoms in total. The zero-order chi connectivity index (χ0) is 12.7. The molecule has 1 unspecified atom stereocenters. The predicted octanol–water partition coefficient (Wildman–Crippen LogP) is 4.13. The minimum absolute atomic E-state index is 1.02. The molecule has 3 rings (SSSR count). The fourth-order valence-corrected chi connectivity index (χ4v) is 5.20. The van der Waals surface area contributed by atoms with Gasteiger partial charge in [0.05, 0.1) is 11.4 Å². The van der Waals surface area contributed by atoms with Gasteiger partial charge in [-0.2, -0.15) is 0 Å². The molecule has 0 N–H and O–H groups in total. The molecule has 0 spiro atoms. The van der Waals surface area contributed by atoms with Crippen molar-refractivity contribution in [3.63, 3.8) is 0 Å². The van der Waals surface area contributed by atoms with Crippen molar-refractivity contribution < 1.29 is 4.21 Å². The minimum atomic E-state index is -1.08. The highest BCUT2D eigenvalue weighted by Crippen LogP contribution is 2.48. The molecule has 0 radical (unpaired) electrons. The summed E-state index contributed by atoms with van der Waals surface area (Å²) < 4.78 is 14.3. The van der Waals surface area contributed by atoms with Crippen LogP contribution in [0, 0.1) is 13.8 Å².